The van der Waals surface area contributed by atoms with Crippen LogP contribution in [-0.4, -0.2) is 40.1 Å². The number of aliphatic hydroxyl groups is 1. The number of anilines is 1. The number of nitrogens with zero attached hydrogens (tertiary/aromatic N) is 2. The van der Waals surface area contributed by atoms with Gasteiger partial charge in [-0.25, -0.2) is 0 Å². The number of nitrogens with two attached hydrogens (primary N) is 1. The molecule has 2 aromatic heterocycles. The van der Waals surface area contributed by atoms with Gasteiger partial charge in [-0.05, 0) is 37.8 Å². The first-order valence-electron chi connectivity index (χ1n) is 7.27. The van der Waals surface area contributed by atoms with Gasteiger partial charge in [0.05, 0.1) is 10.4 Å². The van der Waals surface area contributed by atoms with Gasteiger partial charge in [-0.3, -0.25) is 9.78 Å². The summed E-state index contributed by atoms with van der Waals surface area (Å²) in [6.07, 6.45) is 5.40. The van der Waals surface area contributed by atoms with E-state index in [1.54, 1.807) is 6.20 Å². The van der Waals surface area contributed by atoms with E-state index < -0.39 is 0 Å². The number of hydrogen-bond donors (Lipinski definition) is 2. The lowest BCUT2D eigenvalue weighted by molar-refractivity contribution is 0.0580. The number of likely N-dealkylation sites (tertiary alicyclic amines) is 1. The summed E-state index contributed by atoms with van der Waals surface area (Å²) in [5.41, 5.74) is 7.31. The number of piperidine rings is 1. The van der Waals surface area contributed by atoms with E-state index >= 15 is 0 Å². The fourth-order valence-electron chi connectivity index (χ4n) is 2.95. The number of fused-ring (bicyclic) bond motifs is 1. The Morgan fingerprint density at radius 1 is 1.52 bits per heavy atom. The van der Waals surface area contributed by atoms with E-state index in [0.717, 1.165) is 30.5 Å². The van der Waals surface area contributed by atoms with Crippen LogP contribution in [0.1, 0.15) is 35.4 Å². The minimum absolute atomic E-state index is 0.0198. The third-order valence-corrected chi connectivity index (χ3v) is 5.18. The second-order valence-electron chi connectivity index (χ2n) is 5.36. The molecule has 0 aromatic carbocycles. The predicted octanol–water partition coefficient (Wildman–Crippen LogP) is 2.26. The van der Waals surface area contributed by atoms with Crippen molar-refractivity contribution in [2.75, 3.05) is 18.9 Å². The maximum absolute atomic E-state index is 12.8. The van der Waals surface area contributed by atoms with Crippen LogP contribution in [0.15, 0.2) is 18.3 Å². The van der Waals surface area contributed by atoms with Gasteiger partial charge in [-0.2, -0.15) is 0 Å². The van der Waals surface area contributed by atoms with Crippen LogP contribution in [-0.2, 0) is 0 Å². The second-order valence-corrected chi connectivity index (χ2v) is 6.41. The van der Waals surface area contributed by atoms with Crippen molar-refractivity contribution in [3.05, 3.63) is 23.2 Å². The highest BCUT2D eigenvalue weighted by molar-refractivity contribution is 7.21. The number of thiophene rings is 1. The highest BCUT2D eigenvalue weighted by Gasteiger charge is 2.29. The molecule has 0 spiro atoms. The number of nitrogen functional groups attached to an aromatic ring is 1. The molecule has 6 heteroatoms. The number of carbonyl (C=O) groups excluding carboxylic acids is 1. The molecule has 1 fully saturated rings. The van der Waals surface area contributed by atoms with Crippen LogP contribution in [0.4, 0.5) is 5.69 Å². The Morgan fingerprint density at radius 3 is 3.14 bits per heavy atom. The van der Waals surface area contributed by atoms with Crippen molar-refractivity contribution in [1.82, 2.24) is 9.88 Å². The van der Waals surface area contributed by atoms with Crippen molar-refractivity contribution < 1.29 is 9.90 Å². The maximum Gasteiger partial charge on any atom is 0.266 e. The normalized spacial score (nSPS) is 19.1. The third kappa shape index (κ3) is 2.61. The molecule has 3 N–H and O–H groups in total. The fourth-order valence-corrected chi connectivity index (χ4v) is 3.99. The van der Waals surface area contributed by atoms with Gasteiger partial charge in [0.15, 0.2) is 0 Å². The summed E-state index contributed by atoms with van der Waals surface area (Å²) in [6, 6.07) is 3.90. The largest absolute Gasteiger partial charge is 0.396 e. The SMILES string of the molecule is Nc1c(C(=O)N2CCCCC2CCO)sc2cccnc12. The number of amides is 1. The van der Waals surface area contributed by atoms with Gasteiger partial charge in [-0.1, -0.05) is 0 Å². The smallest absolute Gasteiger partial charge is 0.266 e. The van der Waals surface area contributed by atoms with Gasteiger partial charge in [0.25, 0.3) is 5.91 Å². The number of aromatic nitrogens is 1. The Bertz CT molecular complexity index is 653. The van der Waals surface area contributed by atoms with E-state index in [2.05, 4.69) is 4.98 Å². The molecular formula is C15H19N3O2S. The van der Waals surface area contributed by atoms with Crippen molar-refractivity contribution in [1.29, 1.82) is 0 Å². The van der Waals surface area contributed by atoms with E-state index in [4.69, 9.17) is 5.73 Å². The van der Waals surface area contributed by atoms with Crippen molar-refractivity contribution in [3.8, 4) is 0 Å². The van der Waals surface area contributed by atoms with Crippen molar-refractivity contribution in [2.45, 2.75) is 31.7 Å². The summed E-state index contributed by atoms with van der Waals surface area (Å²) in [5, 5.41) is 9.19. The van der Waals surface area contributed by atoms with Gasteiger partial charge in [0.1, 0.15) is 10.4 Å². The van der Waals surface area contributed by atoms with Gasteiger partial charge < -0.3 is 15.7 Å². The van der Waals surface area contributed by atoms with Crippen LogP contribution >= 0.6 is 11.3 Å². The average molecular weight is 305 g/mol. The van der Waals surface area contributed by atoms with E-state index in [9.17, 15) is 9.90 Å². The molecule has 0 saturated carbocycles. The molecule has 1 amide bonds. The molecule has 1 aliphatic rings. The fraction of sp³-hybridized carbons (Fsp3) is 0.467. The van der Waals surface area contributed by atoms with Crippen LogP contribution in [0, 0.1) is 0 Å². The number of pyridine rings is 1. The van der Waals surface area contributed by atoms with Crippen LogP contribution in [0.25, 0.3) is 10.2 Å². The standard InChI is InChI=1S/C15H19N3O2S/c16-12-13-11(5-3-7-17-13)21-14(12)15(20)18-8-2-1-4-10(18)6-9-19/h3,5,7,10,19H,1-2,4,6,8-9,16H2. The zero-order valence-corrected chi connectivity index (χ0v) is 12.6. The topological polar surface area (TPSA) is 79.5 Å². The van der Waals surface area contributed by atoms with Gasteiger partial charge in [-0.15, -0.1) is 11.3 Å². The molecule has 112 valence electrons. The van der Waals surface area contributed by atoms with E-state index in [1.165, 1.54) is 11.3 Å². The predicted molar refractivity (Wildman–Crippen MR) is 84.4 cm³/mol. The van der Waals surface area contributed by atoms with E-state index in [1.807, 2.05) is 17.0 Å². The highest BCUT2D eigenvalue weighted by atomic mass is 32.1. The van der Waals surface area contributed by atoms with Crippen molar-refractivity contribution >= 4 is 33.1 Å². The Balaban J connectivity index is 1.93. The first kappa shape index (κ1) is 14.3. The first-order valence-corrected chi connectivity index (χ1v) is 8.09. The van der Waals surface area contributed by atoms with Gasteiger partial charge in [0.2, 0.25) is 0 Å². The number of aliphatic hydroxyl groups excluding tert-OH is 1. The molecule has 0 aliphatic carbocycles. The molecule has 2 aromatic rings. The number of rotatable bonds is 3. The number of carbonyl (C=O) groups is 1. The molecule has 5 nitrogen and oxygen atoms in total. The monoisotopic (exact) mass is 305 g/mol. The summed E-state index contributed by atoms with van der Waals surface area (Å²) in [6.45, 7) is 0.850. The molecule has 1 unspecified atom stereocenters. The Labute approximate surface area is 127 Å². The summed E-state index contributed by atoms with van der Waals surface area (Å²) in [5.74, 6) is -0.0198. The summed E-state index contributed by atoms with van der Waals surface area (Å²) < 4.78 is 0.939. The summed E-state index contributed by atoms with van der Waals surface area (Å²) in [4.78, 5) is 19.5. The molecule has 3 heterocycles. The van der Waals surface area contributed by atoms with Crippen molar-refractivity contribution in [2.24, 2.45) is 0 Å². The van der Waals surface area contributed by atoms with Crippen molar-refractivity contribution in [3.63, 3.8) is 0 Å². The molecule has 0 bridgehead atoms. The minimum atomic E-state index is -0.0198. The molecule has 21 heavy (non-hydrogen) atoms. The molecular weight excluding hydrogens is 286 g/mol. The summed E-state index contributed by atoms with van der Waals surface area (Å²) >= 11 is 1.40. The average Bonchev–Trinajstić information content (AvgIpc) is 2.85. The summed E-state index contributed by atoms with van der Waals surface area (Å²) in [7, 11) is 0. The zero-order valence-electron chi connectivity index (χ0n) is 11.8. The van der Waals surface area contributed by atoms with Crippen LogP contribution in [0.5, 0.6) is 0 Å². The van der Waals surface area contributed by atoms with Crippen LogP contribution in [0.3, 0.4) is 0 Å². The third-order valence-electron chi connectivity index (χ3n) is 4.03. The van der Waals surface area contributed by atoms with Crippen LogP contribution in [0.2, 0.25) is 0 Å². The Morgan fingerprint density at radius 2 is 2.38 bits per heavy atom. The van der Waals surface area contributed by atoms with Crippen LogP contribution < -0.4 is 5.73 Å². The molecule has 1 aliphatic heterocycles. The highest BCUT2D eigenvalue weighted by Crippen LogP contribution is 2.34. The van der Waals surface area contributed by atoms with E-state index in [0.29, 0.717) is 22.5 Å². The Hall–Kier alpha value is -1.66. The Kier molecular flexibility index (Phi) is 4.07. The molecule has 0 radical (unpaired) electrons. The molecule has 1 saturated heterocycles. The lowest BCUT2D eigenvalue weighted by Crippen LogP contribution is -2.44. The van der Waals surface area contributed by atoms with Gasteiger partial charge >= 0.3 is 0 Å². The zero-order chi connectivity index (χ0) is 14.8. The van der Waals surface area contributed by atoms with Gasteiger partial charge in [0, 0.05) is 25.4 Å². The maximum atomic E-state index is 12.8. The lowest BCUT2D eigenvalue weighted by atomic mass is 9.99. The molecule has 1 atom stereocenters. The molecule has 3 rings (SSSR count). The second kappa shape index (κ2) is 5.99. The number of hydrogen-bond acceptors (Lipinski definition) is 5. The quantitative estimate of drug-likeness (QED) is 0.911. The first-order chi connectivity index (χ1) is 10.2. The lowest BCUT2D eigenvalue weighted by Gasteiger charge is -2.35. The minimum Gasteiger partial charge on any atom is -0.396 e. The van der Waals surface area contributed by atoms with E-state index in [-0.39, 0.29) is 18.6 Å².